The summed E-state index contributed by atoms with van der Waals surface area (Å²) in [4.78, 5) is 36.1. The second-order valence-electron chi connectivity index (χ2n) is 8.80. The number of hydrogen-bond donors (Lipinski definition) is 3. The fraction of sp³-hybridized carbons (Fsp3) is 0.400. The molecule has 0 aliphatic carbocycles. The van der Waals surface area contributed by atoms with Crippen LogP contribution in [0.1, 0.15) is 32.8 Å². The van der Waals surface area contributed by atoms with E-state index >= 15 is 0 Å². The molecule has 0 aliphatic heterocycles. The number of carbonyl (C=O) groups excluding carboxylic acids is 2. The lowest BCUT2D eigenvalue weighted by Gasteiger charge is -2.28. The number of ether oxygens (including phenoxy) is 1. The van der Waals surface area contributed by atoms with Crippen molar-refractivity contribution in [2.75, 3.05) is 13.2 Å². The van der Waals surface area contributed by atoms with Crippen LogP contribution in [-0.2, 0) is 25.5 Å². The molecule has 0 spiro atoms. The minimum absolute atomic E-state index is 0.0697. The van der Waals surface area contributed by atoms with Gasteiger partial charge in [0.1, 0.15) is 0 Å². The molecule has 0 radical (unpaired) electrons. The Morgan fingerprint density at radius 1 is 1.09 bits per heavy atom. The number of rotatable bonds is 10. The van der Waals surface area contributed by atoms with E-state index in [0.29, 0.717) is 5.02 Å². The standard InChI is InChI=1S/C25H30ClNO6/c1-16(2)14-33-23(30)22(29)27-21(13-25(3,15-28)24(31)32)11-17-7-9-18(10-8-17)19-5-4-6-20(26)12-19/h4-10,12,16,21,28H,11,13-15H2,1-3H3,(H,27,29)(H,31,32)/t21-,25?/m1/s1. The molecular weight excluding hydrogens is 446 g/mol. The first-order valence-corrected chi connectivity index (χ1v) is 11.1. The maximum absolute atomic E-state index is 12.4. The molecule has 2 rings (SSSR count). The van der Waals surface area contributed by atoms with Crippen LogP contribution in [0.3, 0.4) is 0 Å². The van der Waals surface area contributed by atoms with Gasteiger partial charge in [0.25, 0.3) is 0 Å². The van der Waals surface area contributed by atoms with E-state index in [4.69, 9.17) is 16.3 Å². The normalized spacial score (nSPS) is 13.8. The number of benzene rings is 2. The highest BCUT2D eigenvalue weighted by atomic mass is 35.5. The summed E-state index contributed by atoms with van der Waals surface area (Å²) in [5, 5.41) is 22.4. The number of nitrogens with one attached hydrogen (secondary N) is 1. The molecule has 0 saturated carbocycles. The van der Waals surface area contributed by atoms with E-state index in [-0.39, 0.29) is 25.4 Å². The lowest BCUT2D eigenvalue weighted by Crippen LogP contribution is -2.46. The molecule has 0 aromatic heterocycles. The number of amides is 1. The number of hydrogen-bond acceptors (Lipinski definition) is 5. The van der Waals surface area contributed by atoms with Gasteiger partial charge < -0.3 is 20.3 Å². The summed E-state index contributed by atoms with van der Waals surface area (Å²) in [7, 11) is 0. The van der Waals surface area contributed by atoms with Crippen molar-refractivity contribution in [1.29, 1.82) is 0 Å². The Bertz CT molecular complexity index is 975. The van der Waals surface area contributed by atoms with E-state index in [1.165, 1.54) is 6.92 Å². The van der Waals surface area contributed by atoms with E-state index in [2.05, 4.69) is 5.32 Å². The number of carboxylic acid groups (broad SMARTS) is 1. The molecule has 3 N–H and O–H groups in total. The second-order valence-corrected chi connectivity index (χ2v) is 9.24. The monoisotopic (exact) mass is 475 g/mol. The van der Waals surface area contributed by atoms with Gasteiger partial charge in [-0.15, -0.1) is 0 Å². The smallest absolute Gasteiger partial charge is 0.396 e. The summed E-state index contributed by atoms with van der Waals surface area (Å²) in [5.74, 6) is -3.09. The third kappa shape index (κ3) is 7.87. The molecule has 0 aliphatic rings. The molecule has 2 aromatic carbocycles. The highest BCUT2D eigenvalue weighted by molar-refractivity contribution is 6.32. The Kier molecular flexibility index (Phi) is 9.44. The van der Waals surface area contributed by atoms with Crippen LogP contribution in [0, 0.1) is 11.3 Å². The summed E-state index contributed by atoms with van der Waals surface area (Å²) in [5.41, 5.74) is 1.24. The maximum atomic E-state index is 12.4. The van der Waals surface area contributed by atoms with Crippen LogP contribution in [0.4, 0.5) is 0 Å². The van der Waals surface area contributed by atoms with Crippen LogP contribution in [0.25, 0.3) is 11.1 Å². The third-order valence-electron chi connectivity index (χ3n) is 5.22. The Morgan fingerprint density at radius 3 is 2.30 bits per heavy atom. The molecule has 0 saturated heterocycles. The Morgan fingerprint density at radius 2 is 1.76 bits per heavy atom. The number of carbonyl (C=O) groups is 3. The SMILES string of the molecule is CC(C)COC(=O)C(=O)N[C@H](Cc1ccc(-c2cccc(Cl)c2)cc1)CC(C)(CO)C(=O)O. The molecule has 0 bridgehead atoms. The van der Waals surface area contributed by atoms with E-state index in [1.54, 1.807) is 6.07 Å². The van der Waals surface area contributed by atoms with Crippen molar-refractivity contribution in [2.24, 2.45) is 11.3 Å². The number of halogens is 1. The molecule has 1 amide bonds. The van der Waals surface area contributed by atoms with Gasteiger partial charge in [-0.3, -0.25) is 9.59 Å². The first-order chi connectivity index (χ1) is 15.5. The Labute approximate surface area is 198 Å². The average molecular weight is 476 g/mol. The fourth-order valence-electron chi connectivity index (χ4n) is 3.28. The van der Waals surface area contributed by atoms with Crippen LogP contribution >= 0.6 is 11.6 Å². The van der Waals surface area contributed by atoms with Crippen LogP contribution in [0.5, 0.6) is 0 Å². The summed E-state index contributed by atoms with van der Waals surface area (Å²) in [6.45, 7) is 4.58. The maximum Gasteiger partial charge on any atom is 0.396 e. The van der Waals surface area contributed by atoms with Crippen LogP contribution < -0.4 is 5.32 Å². The molecule has 7 nitrogen and oxygen atoms in total. The number of aliphatic hydroxyl groups excluding tert-OH is 1. The average Bonchev–Trinajstić information content (AvgIpc) is 2.77. The molecule has 0 fully saturated rings. The van der Waals surface area contributed by atoms with Crippen molar-refractivity contribution in [1.82, 2.24) is 5.32 Å². The van der Waals surface area contributed by atoms with E-state index in [0.717, 1.165) is 16.7 Å². The van der Waals surface area contributed by atoms with E-state index in [9.17, 15) is 24.6 Å². The van der Waals surface area contributed by atoms with Crippen LogP contribution in [-0.4, -0.2) is 47.3 Å². The number of esters is 1. The molecular formula is C25H30ClNO6. The first kappa shape index (κ1) is 26.4. The molecule has 0 heterocycles. The van der Waals surface area contributed by atoms with Crippen molar-refractivity contribution in [3.05, 3.63) is 59.1 Å². The third-order valence-corrected chi connectivity index (χ3v) is 5.46. The zero-order valence-corrected chi connectivity index (χ0v) is 19.8. The van der Waals surface area contributed by atoms with Gasteiger partial charge >= 0.3 is 17.8 Å². The topological polar surface area (TPSA) is 113 Å². The first-order valence-electron chi connectivity index (χ1n) is 10.7. The highest BCUT2D eigenvalue weighted by Gasteiger charge is 2.36. The van der Waals surface area contributed by atoms with Crippen molar-refractivity contribution >= 4 is 29.4 Å². The Hall–Kier alpha value is -2.90. The Balaban J connectivity index is 2.19. The molecule has 2 atom stereocenters. The lowest BCUT2D eigenvalue weighted by atomic mass is 9.82. The van der Waals surface area contributed by atoms with Gasteiger partial charge in [0.15, 0.2) is 0 Å². The zero-order valence-electron chi connectivity index (χ0n) is 19.0. The van der Waals surface area contributed by atoms with Gasteiger partial charge in [0.2, 0.25) is 0 Å². The summed E-state index contributed by atoms with van der Waals surface area (Å²) in [6.07, 6.45) is 0.194. The van der Waals surface area contributed by atoms with Crippen LogP contribution in [0.2, 0.25) is 5.02 Å². The number of aliphatic carboxylic acids is 1. The summed E-state index contributed by atoms with van der Waals surface area (Å²) >= 11 is 6.06. The lowest BCUT2D eigenvalue weighted by molar-refractivity contribution is -0.156. The van der Waals surface area contributed by atoms with E-state index < -0.39 is 35.9 Å². The predicted molar refractivity (Wildman–Crippen MR) is 126 cm³/mol. The predicted octanol–water partition coefficient (Wildman–Crippen LogP) is 3.71. The zero-order chi connectivity index (χ0) is 24.6. The molecule has 8 heteroatoms. The highest BCUT2D eigenvalue weighted by Crippen LogP contribution is 2.26. The molecule has 2 aromatic rings. The molecule has 1 unspecified atom stereocenters. The van der Waals surface area contributed by atoms with Gasteiger partial charge in [0.05, 0.1) is 18.6 Å². The molecule has 178 valence electrons. The van der Waals surface area contributed by atoms with Gasteiger partial charge in [-0.1, -0.05) is 61.8 Å². The van der Waals surface area contributed by atoms with Crippen molar-refractivity contribution in [2.45, 2.75) is 39.7 Å². The summed E-state index contributed by atoms with van der Waals surface area (Å²) in [6, 6.07) is 14.3. The van der Waals surface area contributed by atoms with Crippen molar-refractivity contribution < 1.29 is 29.3 Å². The van der Waals surface area contributed by atoms with Crippen molar-refractivity contribution in [3.63, 3.8) is 0 Å². The van der Waals surface area contributed by atoms with Gasteiger partial charge in [0, 0.05) is 11.1 Å². The minimum Gasteiger partial charge on any atom is -0.481 e. The van der Waals surface area contributed by atoms with Crippen LogP contribution in [0.15, 0.2) is 48.5 Å². The van der Waals surface area contributed by atoms with Gasteiger partial charge in [-0.2, -0.15) is 0 Å². The second kappa shape index (κ2) is 11.8. The van der Waals surface area contributed by atoms with Gasteiger partial charge in [-0.05, 0) is 54.5 Å². The number of aliphatic hydroxyl groups is 1. The summed E-state index contributed by atoms with van der Waals surface area (Å²) < 4.78 is 4.97. The fourth-order valence-corrected chi connectivity index (χ4v) is 3.47. The largest absolute Gasteiger partial charge is 0.481 e. The number of carboxylic acids is 1. The van der Waals surface area contributed by atoms with Gasteiger partial charge in [-0.25, -0.2) is 4.79 Å². The minimum atomic E-state index is -1.49. The quantitative estimate of drug-likeness (QED) is 0.356. The van der Waals surface area contributed by atoms with E-state index in [1.807, 2.05) is 56.3 Å². The molecule has 33 heavy (non-hydrogen) atoms. The van der Waals surface area contributed by atoms with Crippen molar-refractivity contribution in [3.8, 4) is 11.1 Å².